The number of anilines is 1. The highest BCUT2D eigenvalue weighted by Gasteiger charge is 2.43. The zero-order valence-electron chi connectivity index (χ0n) is 21.9. The van der Waals surface area contributed by atoms with Gasteiger partial charge in [0.25, 0.3) is 5.91 Å². The zero-order chi connectivity index (χ0) is 26.4. The van der Waals surface area contributed by atoms with E-state index in [1.165, 1.54) is 0 Å². The summed E-state index contributed by atoms with van der Waals surface area (Å²) in [6.07, 6.45) is 5.46. The fourth-order valence-electron chi connectivity index (χ4n) is 5.72. The molecule has 9 heteroatoms. The predicted molar refractivity (Wildman–Crippen MR) is 148 cm³/mol. The maximum atomic E-state index is 12.9. The molecule has 38 heavy (non-hydrogen) atoms. The van der Waals surface area contributed by atoms with Gasteiger partial charge < -0.3 is 16.0 Å². The number of nitrogens with two attached hydrogens (primary N) is 1. The molecule has 1 amide bonds. The topological polar surface area (TPSA) is 118 Å². The van der Waals surface area contributed by atoms with Crippen LogP contribution in [-0.2, 0) is 0 Å². The molecule has 1 saturated heterocycles. The zero-order valence-corrected chi connectivity index (χ0v) is 21.9. The molecule has 0 bridgehead atoms. The van der Waals surface area contributed by atoms with E-state index in [4.69, 9.17) is 10.7 Å². The lowest BCUT2D eigenvalue weighted by molar-refractivity contribution is 0.0660. The summed E-state index contributed by atoms with van der Waals surface area (Å²) in [5.41, 5.74) is 12.7. The first-order chi connectivity index (χ1) is 18.3. The van der Waals surface area contributed by atoms with Crippen LogP contribution in [0.1, 0.15) is 42.9 Å². The van der Waals surface area contributed by atoms with Crippen LogP contribution >= 0.6 is 0 Å². The van der Waals surface area contributed by atoms with Crippen molar-refractivity contribution in [3.8, 4) is 22.4 Å². The maximum Gasteiger partial charge on any atom is 0.274 e. The fourth-order valence-corrected chi connectivity index (χ4v) is 5.72. The first kappa shape index (κ1) is 24.0. The number of aromatic amines is 1. The summed E-state index contributed by atoms with van der Waals surface area (Å²) in [6.45, 7) is 7.55. The van der Waals surface area contributed by atoms with Gasteiger partial charge in [0.1, 0.15) is 17.3 Å². The van der Waals surface area contributed by atoms with Gasteiger partial charge in [-0.15, -0.1) is 0 Å². The quantitative estimate of drug-likeness (QED) is 0.373. The summed E-state index contributed by atoms with van der Waals surface area (Å²) in [5, 5.41) is 15.4. The Kier molecular flexibility index (Phi) is 5.78. The largest absolute Gasteiger partial charge is 0.384 e. The average molecular weight is 509 g/mol. The highest BCUT2D eigenvalue weighted by molar-refractivity contribution is 5.92. The van der Waals surface area contributed by atoms with Gasteiger partial charge in [0.15, 0.2) is 0 Å². The number of hydrogen-bond donors (Lipinski definition) is 3. The standard InChI is InChI=1S/C29H32N8O/c1-18-15-25(35-34-18)28(38)36-13-11-22(12-14-36)29(3)19(2)26(30)37-27(33-29)23(17-32-37)21-9-10-24(31-16-21)20-7-5-4-6-8-20/h4-10,15-17,22,33H,11-14,30H2,1-3H3,(H,34,35). The lowest BCUT2D eigenvalue weighted by atomic mass is 9.73. The summed E-state index contributed by atoms with van der Waals surface area (Å²) in [7, 11) is 0. The Morgan fingerprint density at radius 1 is 1.05 bits per heavy atom. The van der Waals surface area contributed by atoms with E-state index in [0.29, 0.717) is 30.5 Å². The lowest BCUT2D eigenvalue weighted by Crippen LogP contribution is -2.52. The number of aryl methyl sites for hydroxylation is 1. The smallest absolute Gasteiger partial charge is 0.274 e. The molecule has 2 aliphatic rings. The fraction of sp³-hybridized carbons (Fsp3) is 0.310. The van der Waals surface area contributed by atoms with E-state index < -0.39 is 0 Å². The van der Waals surface area contributed by atoms with E-state index in [0.717, 1.165) is 52.3 Å². The molecule has 4 aromatic rings. The second-order valence-electron chi connectivity index (χ2n) is 10.5. The van der Waals surface area contributed by atoms with Crippen molar-refractivity contribution in [3.05, 3.63) is 77.9 Å². The van der Waals surface area contributed by atoms with Gasteiger partial charge in [0.05, 0.1) is 17.4 Å². The van der Waals surface area contributed by atoms with Crippen LogP contribution in [0.15, 0.2) is 66.5 Å². The number of fused-ring (bicyclic) bond motifs is 1. The minimum absolute atomic E-state index is 0.0202. The molecule has 1 fully saturated rings. The summed E-state index contributed by atoms with van der Waals surface area (Å²) < 4.78 is 1.79. The number of pyridine rings is 1. The van der Waals surface area contributed by atoms with Crippen molar-refractivity contribution in [3.63, 3.8) is 0 Å². The predicted octanol–water partition coefficient (Wildman–Crippen LogP) is 4.53. The Bertz CT molecular complexity index is 1510. The number of carbonyl (C=O) groups is 1. The van der Waals surface area contributed by atoms with Crippen LogP contribution in [0.5, 0.6) is 0 Å². The first-order valence-corrected chi connectivity index (χ1v) is 13.0. The van der Waals surface area contributed by atoms with Gasteiger partial charge in [0.2, 0.25) is 0 Å². The molecule has 5 heterocycles. The first-order valence-electron chi connectivity index (χ1n) is 13.0. The van der Waals surface area contributed by atoms with Crippen molar-refractivity contribution in [1.29, 1.82) is 0 Å². The highest BCUT2D eigenvalue weighted by Crippen LogP contribution is 2.44. The van der Waals surface area contributed by atoms with E-state index in [1.54, 1.807) is 10.7 Å². The van der Waals surface area contributed by atoms with Crippen LogP contribution in [0.3, 0.4) is 0 Å². The summed E-state index contributed by atoms with van der Waals surface area (Å²) in [5.74, 6) is 1.79. The van der Waals surface area contributed by atoms with Crippen LogP contribution in [0.25, 0.3) is 28.2 Å². The molecule has 9 nitrogen and oxygen atoms in total. The van der Waals surface area contributed by atoms with E-state index in [1.807, 2.05) is 48.5 Å². The second kappa shape index (κ2) is 9.16. The molecule has 2 aliphatic heterocycles. The molecule has 0 radical (unpaired) electrons. The van der Waals surface area contributed by atoms with Gasteiger partial charge in [-0.2, -0.15) is 10.2 Å². The number of nitrogens with zero attached hydrogens (tertiary/aromatic N) is 5. The Hall–Kier alpha value is -4.40. The van der Waals surface area contributed by atoms with Crippen LogP contribution in [0.2, 0.25) is 0 Å². The Morgan fingerprint density at radius 2 is 1.82 bits per heavy atom. The molecular weight excluding hydrogens is 476 g/mol. The van der Waals surface area contributed by atoms with E-state index in [9.17, 15) is 4.79 Å². The minimum atomic E-state index is -0.371. The normalized spacial score (nSPS) is 19.8. The molecule has 6 rings (SSSR count). The number of likely N-dealkylation sites (tertiary alicyclic amines) is 1. The van der Waals surface area contributed by atoms with E-state index in [2.05, 4.69) is 52.7 Å². The Morgan fingerprint density at radius 3 is 2.47 bits per heavy atom. The molecule has 1 atom stereocenters. The van der Waals surface area contributed by atoms with E-state index >= 15 is 0 Å². The van der Waals surface area contributed by atoms with Crippen molar-refractivity contribution in [2.75, 3.05) is 18.4 Å². The average Bonchev–Trinajstić information content (AvgIpc) is 3.58. The Balaban J connectivity index is 1.24. The number of amides is 1. The number of aromatic nitrogens is 5. The molecule has 194 valence electrons. The van der Waals surface area contributed by atoms with Gasteiger partial charge in [0, 0.05) is 41.7 Å². The maximum absolute atomic E-state index is 12.9. The van der Waals surface area contributed by atoms with Gasteiger partial charge >= 0.3 is 0 Å². The lowest BCUT2D eigenvalue weighted by Gasteiger charge is -2.46. The van der Waals surface area contributed by atoms with Crippen LogP contribution < -0.4 is 11.1 Å². The van der Waals surface area contributed by atoms with Gasteiger partial charge in [-0.3, -0.25) is 14.9 Å². The van der Waals surface area contributed by atoms with Crippen LogP contribution in [-0.4, -0.2) is 54.4 Å². The minimum Gasteiger partial charge on any atom is -0.384 e. The molecule has 1 unspecified atom stereocenters. The highest BCUT2D eigenvalue weighted by atomic mass is 16.2. The third kappa shape index (κ3) is 3.95. The van der Waals surface area contributed by atoms with Gasteiger partial charge in [-0.1, -0.05) is 36.4 Å². The summed E-state index contributed by atoms with van der Waals surface area (Å²) in [4.78, 5) is 19.5. The molecule has 3 aromatic heterocycles. The summed E-state index contributed by atoms with van der Waals surface area (Å²) in [6, 6.07) is 16.1. The van der Waals surface area contributed by atoms with Crippen LogP contribution in [0.4, 0.5) is 5.82 Å². The van der Waals surface area contributed by atoms with Crippen molar-refractivity contribution in [2.45, 2.75) is 39.2 Å². The van der Waals surface area contributed by atoms with Crippen molar-refractivity contribution in [1.82, 2.24) is 29.9 Å². The molecule has 0 saturated carbocycles. The Labute approximate surface area is 221 Å². The number of hydrogen-bond acceptors (Lipinski definition) is 6. The number of rotatable bonds is 4. The second-order valence-corrected chi connectivity index (χ2v) is 10.5. The molecule has 1 aromatic carbocycles. The third-order valence-corrected chi connectivity index (χ3v) is 8.21. The number of piperidine rings is 1. The number of benzene rings is 1. The number of carbonyl (C=O) groups excluding carboxylic acids is 1. The van der Waals surface area contributed by atoms with Gasteiger partial charge in [-0.05, 0) is 57.2 Å². The van der Waals surface area contributed by atoms with Gasteiger partial charge in [-0.25, -0.2) is 4.68 Å². The van der Waals surface area contributed by atoms with Crippen molar-refractivity contribution in [2.24, 2.45) is 11.7 Å². The molecule has 0 aliphatic carbocycles. The van der Waals surface area contributed by atoms with E-state index in [-0.39, 0.29) is 11.4 Å². The third-order valence-electron chi connectivity index (χ3n) is 8.21. The SMILES string of the molecule is CC1=C(N)n2ncc(-c3ccc(-c4ccccc4)nc3)c2NC1(C)C1CCN(C(=O)c2cc(C)[nH]n2)CC1. The summed E-state index contributed by atoms with van der Waals surface area (Å²) >= 11 is 0. The molecule has 4 N–H and O–H groups in total. The number of nitrogens with one attached hydrogen (secondary N) is 2. The number of H-pyrrole nitrogens is 1. The molecular formula is C29H32N8O. The van der Waals surface area contributed by atoms with Crippen molar-refractivity contribution < 1.29 is 4.79 Å². The molecule has 0 spiro atoms. The van der Waals surface area contributed by atoms with Crippen molar-refractivity contribution >= 4 is 17.5 Å². The monoisotopic (exact) mass is 508 g/mol. The van der Waals surface area contributed by atoms with Crippen LogP contribution in [0, 0.1) is 12.8 Å².